The molecule has 13 heavy (non-hydrogen) atoms. The van der Waals surface area contributed by atoms with Crippen LogP contribution < -0.4 is 5.44 Å². The van der Waals surface area contributed by atoms with Crippen LogP contribution in [-0.2, 0) is 4.57 Å². The molecule has 0 aliphatic heterocycles. The van der Waals surface area contributed by atoms with E-state index in [2.05, 4.69) is 9.97 Å². The van der Waals surface area contributed by atoms with Crippen molar-refractivity contribution in [1.29, 1.82) is 0 Å². The SMILES string of the molecule is CP(C)(=O)c1cnc(C(=O)O)cn1. The van der Waals surface area contributed by atoms with E-state index in [0.29, 0.717) is 5.44 Å². The zero-order valence-electron chi connectivity index (χ0n) is 7.26. The smallest absolute Gasteiger partial charge is 0.356 e. The molecule has 0 saturated carbocycles. The van der Waals surface area contributed by atoms with Gasteiger partial charge < -0.3 is 9.67 Å². The average molecular weight is 200 g/mol. The molecule has 5 nitrogen and oxygen atoms in total. The van der Waals surface area contributed by atoms with Crippen LogP contribution >= 0.6 is 7.14 Å². The van der Waals surface area contributed by atoms with Crippen LogP contribution in [0.15, 0.2) is 12.4 Å². The van der Waals surface area contributed by atoms with Gasteiger partial charge in [0, 0.05) is 0 Å². The molecule has 0 aromatic carbocycles. The van der Waals surface area contributed by atoms with E-state index in [1.54, 1.807) is 13.3 Å². The number of carboxylic acids is 1. The van der Waals surface area contributed by atoms with Gasteiger partial charge in [0.25, 0.3) is 0 Å². The summed E-state index contributed by atoms with van der Waals surface area (Å²) in [4.78, 5) is 17.8. The largest absolute Gasteiger partial charge is 0.476 e. The summed E-state index contributed by atoms with van der Waals surface area (Å²) in [6.45, 7) is 3.11. The molecule has 1 rings (SSSR count). The molecule has 0 atom stereocenters. The molecule has 70 valence electrons. The fraction of sp³-hybridized carbons (Fsp3) is 0.286. The Morgan fingerprint density at radius 3 is 2.31 bits per heavy atom. The number of hydrogen-bond donors (Lipinski definition) is 1. The Kier molecular flexibility index (Phi) is 2.48. The van der Waals surface area contributed by atoms with Crippen molar-refractivity contribution in [3.63, 3.8) is 0 Å². The van der Waals surface area contributed by atoms with Gasteiger partial charge in [-0.05, 0) is 13.3 Å². The van der Waals surface area contributed by atoms with Gasteiger partial charge in [-0.25, -0.2) is 14.8 Å². The third-order valence-corrected chi connectivity index (χ3v) is 2.74. The Labute approximate surface area is 75.2 Å². The minimum atomic E-state index is -2.43. The molecule has 6 heteroatoms. The van der Waals surface area contributed by atoms with Crippen LogP contribution in [0.3, 0.4) is 0 Å². The maximum absolute atomic E-state index is 11.4. The lowest BCUT2D eigenvalue weighted by Crippen LogP contribution is -2.12. The highest BCUT2D eigenvalue weighted by Gasteiger charge is 2.14. The molecule has 1 heterocycles. The first-order chi connectivity index (χ1) is 5.91. The number of hydrogen-bond acceptors (Lipinski definition) is 4. The minimum absolute atomic E-state index is 0.141. The summed E-state index contributed by atoms with van der Waals surface area (Å²) in [5.74, 6) is -1.14. The van der Waals surface area contributed by atoms with E-state index in [4.69, 9.17) is 5.11 Å². The number of carbonyl (C=O) groups is 1. The van der Waals surface area contributed by atoms with Crippen molar-refractivity contribution >= 4 is 18.5 Å². The van der Waals surface area contributed by atoms with Gasteiger partial charge in [0.1, 0.15) is 12.6 Å². The van der Waals surface area contributed by atoms with Gasteiger partial charge in [0.2, 0.25) is 0 Å². The fourth-order valence-corrected chi connectivity index (χ4v) is 1.38. The quantitative estimate of drug-likeness (QED) is 0.700. The molecule has 0 saturated heterocycles. The summed E-state index contributed by atoms with van der Waals surface area (Å²) in [5, 5.41) is 8.51. The van der Waals surface area contributed by atoms with E-state index in [-0.39, 0.29) is 5.69 Å². The molecular weight excluding hydrogens is 191 g/mol. The van der Waals surface area contributed by atoms with Crippen LogP contribution in [0.5, 0.6) is 0 Å². The van der Waals surface area contributed by atoms with Gasteiger partial charge >= 0.3 is 5.97 Å². The molecule has 1 aromatic heterocycles. The Hall–Kier alpha value is -1.22. The van der Waals surface area contributed by atoms with E-state index in [9.17, 15) is 9.36 Å². The predicted molar refractivity (Wildman–Crippen MR) is 48.1 cm³/mol. The van der Waals surface area contributed by atoms with Gasteiger partial charge in [-0.15, -0.1) is 0 Å². The lowest BCUT2D eigenvalue weighted by molar-refractivity contribution is 0.0690. The fourth-order valence-electron chi connectivity index (χ4n) is 0.710. The maximum Gasteiger partial charge on any atom is 0.356 e. The first kappa shape index (κ1) is 9.86. The number of rotatable bonds is 2. The van der Waals surface area contributed by atoms with Crippen LogP contribution in [0.25, 0.3) is 0 Å². The van der Waals surface area contributed by atoms with Crippen molar-refractivity contribution in [2.45, 2.75) is 0 Å². The van der Waals surface area contributed by atoms with Crippen LogP contribution in [0.2, 0.25) is 0 Å². The standard InChI is InChI=1S/C7H9N2O3P/c1-13(2,12)6-4-8-5(3-9-6)7(10)11/h3-4H,1-2H3,(H,10,11). The van der Waals surface area contributed by atoms with Crippen LogP contribution in [0.1, 0.15) is 10.5 Å². The minimum Gasteiger partial charge on any atom is -0.476 e. The second kappa shape index (κ2) is 3.26. The summed E-state index contributed by atoms with van der Waals surface area (Å²) in [7, 11) is -2.43. The van der Waals surface area contributed by atoms with Gasteiger partial charge in [-0.2, -0.15) is 0 Å². The summed E-state index contributed by atoms with van der Waals surface area (Å²) in [6.07, 6.45) is 2.35. The highest BCUT2D eigenvalue weighted by atomic mass is 31.2. The topological polar surface area (TPSA) is 80.2 Å². The van der Waals surface area contributed by atoms with E-state index >= 15 is 0 Å². The molecule has 0 amide bonds. The Balaban J connectivity index is 3.08. The number of aromatic nitrogens is 2. The van der Waals surface area contributed by atoms with Crippen molar-refractivity contribution in [3.8, 4) is 0 Å². The molecule has 0 bridgehead atoms. The first-order valence-electron chi connectivity index (χ1n) is 3.52. The molecule has 0 aliphatic rings. The van der Waals surface area contributed by atoms with Gasteiger partial charge in [0.05, 0.1) is 12.4 Å². The van der Waals surface area contributed by atoms with E-state index in [1.807, 2.05) is 0 Å². The lowest BCUT2D eigenvalue weighted by atomic mass is 10.5. The molecule has 0 unspecified atom stereocenters. The summed E-state index contributed by atoms with van der Waals surface area (Å²) >= 11 is 0. The predicted octanol–water partition coefficient (Wildman–Crippen LogP) is 0.423. The van der Waals surface area contributed by atoms with Gasteiger partial charge in [-0.1, -0.05) is 0 Å². The summed E-state index contributed by atoms with van der Waals surface area (Å²) in [6, 6.07) is 0. The summed E-state index contributed by atoms with van der Waals surface area (Å²) < 4.78 is 11.4. The number of nitrogens with zero attached hydrogens (tertiary/aromatic N) is 2. The average Bonchev–Trinajstić information content (AvgIpc) is 2.03. The molecule has 0 aliphatic carbocycles. The van der Waals surface area contributed by atoms with Crippen molar-refractivity contribution in [2.75, 3.05) is 13.3 Å². The van der Waals surface area contributed by atoms with Crippen molar-refractivity contribution in [2.24, 2.45) is 0 Å². The maximum atomic E-state index is 11.4. The third kappa shape index (κ3) is 2.36. The van der Waals surface area contributed by atoms with Gasteiger partial charge in [-0.3, -0.25) is 0 Å². The zero-order chi connectivity index (χ0) is 10.1. The van der Waals surface area contributed by atoms with Crippen LogP contribution in [0.4, 0.5) is 0 Å². The molecule has 1 N–H and O–H groups in total. The molecular formula is C7H9N2O3P. The second-order valence-electron chi connectivity index (χ2n) is 2.92. The third-order valence-electron chi connectivity index (χ3n) is 1.41. The highest BCUT2D eigenvalue weighted by molar-refractivity contribution is 7.69. The Morgan fingerprint density at radius 1 is 1.38 bits per heavy atom. The van der Waals surface area contributed by atoms with E-state index in [1.165, 1.54) is 6.20 Å². The Morgan fingerprint density at radius 2 is 2.00 bits per heavy atom. The lowest BCUT2D eigenvalue weighted by Gasteiger charge is -2.03. The van der Waals surface area contributed by atoms with Crippen molar-refractivity contribution < 1.29 is 14.5 Å². The molecule has 1 aromatic rings. The highest BCUT2D eigenvalue weighted by Crippen LogP contribution is 2.32. The Bertz CT molecular complexity index is 368. The summed E-state index contributed by atoms with van der Waals surface area (Å²) in [5.41, 5.74) is 0.203. The molecule has 0 spiro atoms. The van der Waals surface area contributed by atoms with E-state index < -0.39 is 13.1 Å². The number of carboxylic acid groups (broad SMARTS) is 1. The zero-order valence-corrected chi connectivity index (χ0v) is 8.15. The van der Waals surface area contributed by atoms with Crippen molar-refractivity contribution in [3.05, 3.63) is 18.1 Å². The van der Waals surface area contributed by atoms with Crippen molar-refractivity contribution in [1.82, 2.24) is 9.97 Å². The monoisotopic (exact) mass is 200 g/mol. The first-order valence-corrected chi connectivity index (χ1v) is 6.12. The van der Waals surface area contributed by atoms with Crippen LogP contribution in [0, 0.1) is 0 Å². The second-order valence-corrected chi connectivity index (χ2v) is 6.08. The van der Waals surface area contributed by atoms with Crippen LogP contribution in [-0.4, -0.2) is 34.4 Å². The van der Waals surface area contributed by atoms with E-state index in [0.717, 1.165) is 6.20 Å². The normalized spacial score (nSPS) is 11.2. The van der Waals surface area contributed by atoms with Gasteiger partial charge in [0.15, 0.2) is 5.69 Å². The molecule has 0 radical (unpaired) electrons. The number of aromatic carboxylic acids is 1. The molecule has 0 fully saturated rings.